The summed E-state index contributed by atoms with van der Waals surface area (Å²) in [7, 11) is 1.59. The average Bonchev–Trinajstić information content (AvgIpc) is 3.35. The third-order valence-corrected chi connectivity index (χ3v) is 7.11. The highest BCUT2D eigenvalue weighted by molar-refractivity contribution is 5.92. The molecule has 2 saturated heterocycles. The van der Waals surface area contributed by atoms with Crippen molar-refractivity contribution in [2.45, 2.75) is 31.2 Å². The topological polar surface area (TPSA) is 81.3 Å². The van der Waals surface area contributed by atoms with E-state index in [-0.39, 0.29) is 22.6 Å². The van der Waals surface area contributed by atoms with Crippen LogP contribution in [-0.4, -0.2) is 60.0 Å². The number of pyridine rings is 2. The largest absolute Gasteiger partial charge is 0.370 e. The minimum atomic E-state index is -0.750. The molecule has 2 N–H and O–H groups in total. The molecule has 0 spiro atoms. The molecule has 1 unspecified atom stereocenters. The van der Waals surface area contributed by atoms with E-state index in [2.05, 4.69) is 25.1 Å². The smallest absolute Gasteiger partial charge is 0.269 e. The second-order valence-corrected chi connectivity index (χ2v) is 9.08. The van der Waals surface area contributed by atoms with Crippen molar-refractivity contribution < 1.29 is 13.6 Å². The van der Waals surface area contributed by atoms with Crippen molar-refractivity contribution in [1.82, 2.24) is 20.2 Å². The fourth-order valence-electron chi connectivity index (χ4n) is 5.23. The number of rotatable bonds is 4. The maximum absolute atomic E-state index is 14.3. The van der Waals surface area contributed by atoms with E-state index in [9.17, 15) is 18.4 Å². The highest BCUT2D eigenvalue weighted by atomic mass is 19.1. The summed E-state index contributed by atoms with van der Waals surface area (Å²) in [6, 6.07) is 7.69. The van der Waals surface area contributed by atoms with Crippen molar-refractivity contribution in [1.29, 1.82) is 0 Å². The number of aromatic amines is 1. The third kappa shape index (κ3) is 4.27. The van der Waals surface area contributed by atoms with Crippen molar-refractivity contribution in [3.05, 3.63) is 69.9 Å². The predicted octanol–water partition coefficient (Wildman–Crippen LogP) is 3.02. The van der Waals surface area contributed by atoms with Crippen molar-refractivity contribution >= 4 is 22.4 Å². The molecule has 3 aromatic rings. The summed E-state index contributed by atoms with van der Waals surface area (Å²) in [6.07, 6.45) is 4.64. The van der Waals surface area contributed by atoms with E-state index in [1.807, 2.05) is 6.07 Å². The Labute approximate surface area is 195 Å². The fourth-order valence-corrected chi connectivity index (χ4v) is 5.23. The van der Waals surface area contributed by atoms with Gasteiger partial charge in [-0.3, -0.25) is 14.5 Å². The molecule has 1 amide bonds. The number of nitrogens with zero attached hydrogens (tertiary/aromatic N) is 3. The molecule has 2 aliphatic heterocycles. The first kappa shape index (κ1) is 22.5. The molecule has 0 bridgehead atoms. The second kappa shape index (κ2) is 9.13. The van der Waals surface area contributed by atoms with Gasteiger partial charge in [0.25, 0.3) is 11.5 Å². The molecular formula is C25H27F2N5O2. The van der Waals surface area contributed by atoms with E-state index < -0.39 is 17.2 Å². The lowest BCUT2D eigenvalue weighted by molar-refractivity contribution is 0.0958. The summed E-state index contributed by atoms with van der Waals surface area (Å²) >= 11 is 0. The number of anilines is 1. The van der Waals surface area contributed by atoms with Crippen LogP contribution in [0.1, 0.15) is 41.4 Å². The van der Waals surface area contributed by atoms with E-state index in [1.54, 1.807) is 25.4 Å². The number of hydrogen-bond acceptors (Lipinski definition) is 5. The minimum Gasteiger partial charge on any atom is -0.370 e. The third-order valence-electron chi connectivity index (χ3n) is 7.11. The minimum absolute atomic E-state index is 0.0429. The molecule has 7 nitrogen and oxygen atoms in total. The predicted molar refractivity (Wildman–Crippen MR) is 126 cm³/mol. The number of nitrogens with one attached hydrogen (secondary N) is 2. The lowest BCUT2D eigenvalue weighted by atomic mass is 10.0. The van der Waals surface area contributed by atoms with Crippen LogP contribution in [-0.2, 0) is 0 Å². The van der Waals surface area contributed by atoms with Crippen LogP contribution in [0.2, 0.25) is 0 Å². The molecule has 178 valence electrons. The Balaban J connectivity index is 1.22. The zero-order valence-electron chi connectivity index (χ0n) is 19.0. The Morgan fingerprint density at radius 3 is 2.59 bits per heavy atom. The number of amides is 1. The van der Waals surface area contributed by atoms with Crippen LogP contribution in [0.15, 0.2) is 41.3 Å². The maximum atomic E-state index is 14.3. The Bertz CT molecular complexity index is 1270. The van der Waals surface area contributed by atoms with Gasteiger partial charge in [-0.1, -0.05) is 0 Å². The van der Waals surface area contributed by atoms with Crippen molar-refractivity contribution in [2.75, 3.05) is 38.1 Å². The highest BCUT2D eigenvalue weighted by Crippen LogP contribution is 2.32. The lowest BCUT2D eigenvalue weighted by Gasteiger charge is -2.37. The van der Waals surface area contributed by atoms with Gasteiger partial charge in [-0.05, 0) is 50.1 Å². The molecule has 0 aliphatic carbocycles. The van der Waals surface area contributed by atoms with E-state index in [1.165, 1.54) is 0 Å². The van der Waals surface area contributed by atoms with Crippen molar-refractivity contribution in [3.8, 4) is 0 Å². The molecule has 9 heteroatoms. The van der Waals surface area contributed by atoms with Gasteiger partial charge in [0.05, 0.1) is 17.3 Å². The van der Waals surface area contributed by atoms with Gasteiger partial charge >= 0.3 is 0 Å². The number of piperidine rings is 1. The summed E-state index contributed by atoms with van der Waals surface area (Å²) in [5.74, 6) is -1.54. The Kier molecular flexibility index (Phi) is 6.03. The maximum Gasteiger partial charge on any atom is 0.269 e. The van der Waals surface area contributed by atoms with Gasteiger partial charge in [0.2, 0.25) is 0 Å². The fraction of sp³-hybridized carbons (Fsp3) is 0.400. The van der Waals surface area contributed by atoms with Crippen LogP contribution < -0.4 is 15.8 Å². The summed E-state index contributed by atoms with van der Waals surface area (Å²) < 4.78 is 27.8. The molecule has 2 fully saturated rings. The van der Waals surface area contributed by atoms with Gasteiger partial charge in [-0.15, -0.1) is 0 Å². The van der Waals surface area contributed by atoms with E-state index >= 15 is 0 Å². The monoisotopic (exact) mass is 467 g/mol. The molecule has 4 heterocycles. The number of halogens is 2. The Hall–Kier alpha value is -3.33. The van der Waals surface area contributed by atoms with Gasteiger partial charge in [0.15, 0.2) is 0 Å². The number of aromatic nitrogens is 2. The summed E-state index contributed by atoms with van der Waals surface area (Å²) in [5.41, 5.74) is 1.68. The van der Waals surface area contributed by atoms with Crippen molar-refractivity contribution in [2.24, 2.45) is 0 Å². The number of carbonyl (C=O) groups is 1. The van der Waals surface area contributed by atoms with Gasteiger partial charge in [-0.2, -0.15) is 0 Å². The average molecular weight is 468 g/mol. The van der Waals surface area contributed by atoms with Gasteiger partial charge in [0.1, 0.15) is 17.3 Å². The first-order chi connectivity index (χ1) is 16.4. The molecule has 2 aliphatic rings. The molecule has 0 saturated carbocycles. The first-order valence-corrected chi connectivity index (χ1v) is 11.6. The van der Waals surface area contributed by atoms with E-state index in [0.29, 0.717) is 17.4 Å². The van der Waals surface area contributed by atoms with Crippen molar-refractivity contribution in [3.63, 3.8) is 0 Å². The summed E-state index contributed by atoms with van der Waals surface area (Å²) in [6.45, 7) is 3.52. The van der Waals surface area contributed by atoms with E-state index in [4.69, 9.17) is 0 Å². The van der Waals surface area contributed by atoms with Crippen LogP contribution in [0.25, 0.3) is 10.8 Å². The molecular weight excluding hydrogens is 440 g/mol. The zero-order valence-corrected chi connectivity index (χ0v) is 19.0. The standard InChI is InChI=1S/C25H27F2N5O2/c1-28-25(34)22-3-2-18(13-29-22)31-8-5-17(6-9-31)32-7-4-15(14-32)23-12-19-20(24(33)30-23)10-16(26)11-21(19)27/h2-3,10-13,15,17H,4-9,14H2,1H3,(H,28,34)(H,30,33). The summed E-state index contributed by atoms with van der Waals surface area (Å²) in [5, 5.41) is 2.79. The molecule has 1 aromatic carbocycles. The zero-order chi connectivity index (χ0) is 23.8. The highest BCUT2D eigenvalue weighted by Gasteiger charge is 2.32. The number of likely N-dealkylation sites (tertiary alicyclic amines) is 1. The van der Waals surface area contributed by atoms with Gasteiger partial charge < -0.3 is 15.2 Å². The normalized spacial score (nSPS) is 19.6. The van der Waals surface area contributed by atoms with Crippen LogP contribution in [0.5, 0.6) is 0 Å². The second-order valence-electron chi connectivity index (χ2n) is 9.08. The van der Waals surface area contributed by atoms with Crippen LogP contribution in [0.4, 0.5) is 14.5 Å². The van der Waals surface area contributed by atoms with Crippen LogP contribution >= 0.6 is 0 Å². The number of carbonyl (C=O) groups excluding carboxylic acids is 1. The van der Waals surface area contributed by atoms with E-state index in [0.717, 1.165) is 63.3 Å². The molecule has 0 radical (unpaired) electrons. The molecule has 2 aromatic heterocycles. The number of fused-ring (bicyclic) bond motifs is 1. The number of H-pyrrole nitrogens is 1. The van der Waals surface area contributed by atoms with Gasteiger partial charge in [-0.25, -0.2) is 13.8 Å². The lowest BCUT2D eigenvalue weighted by Crippen LogP contribution is -2.44. The molecule has 1 atom stereocenters. The first-order valence-electron chi connectivity index (χ1n) is 11.6. The number of benzene rings is 1. The quantitative estimate of drug-likeness (QED) is 0.617. The summed E-state index contributed by atoms with van der Waals surface area (Å²) in [4.78, 5) is 36.0. The Morgan fingerprint density at radius 2 is 1.88 bits per heavy atom. The SMILES string of the molecule is CNC(=O)c1ccc(N2CCC(N3CCC(c4cc5c(F)cc(F)cc5c(=O)[nH]4)C3)CC2)cn1. The van der Waals surface area contributed by atoms with Gasteiger partial charge in [0, 0.05) is 55.8 Å². The van der Waals surface area contributed by atoms with Crippen LogP contribution in [0, 0.1) is 11.6 Å². The Morgan fingerprint density at radius 1 is 1.09 bits per heavy atom. The number of hydrogen-bond donors (Lipinski definition) is 2. The molecule has 5 rings (SSSR count). The molecule has 34 heavy (non-hydrogen) atoms. The van der Waals surface area contributed by atoms with Crippen LogP contribution in [0.3, 0.4) is 0 Å².